The number of nitrogens with zero attached hydrogens (tertiary/aromatic N) is 3. The van der Waals surface area contributed by atoms with Gasteiger partial charge in [0.1, 0.15) is 18.1 Å². The normalized spacial score (nSPS) is 22.5. The number of hydrogen-bond acceptors (Lipinski definition) is 7. The van der Waals surface area contributed by atoms with Gasteiger partial charge in [-0.2, -0.15) is 0 Å². The molecular weight excluding hydrogens is 494 g/mol. The second-order valence-corrected chi connectivity index (χ2v) is 11.1. The largest absolute Gasteiger partial charge is 0.492 e. The number of amides is 1. The van der Waals surface area contributed by atoms with Crippen LogP contribution in [0.25, 0.3) is 0 Å². The molecule has 3 aliphatic rings. The summed E-state index contributed by atoms with van der Waals surface area (Å²) >= 11 is 0. The summed E-state index contributed by atoms with van der Waals surface area (Å²) in [6.45, 7) is 11.5. The molecule has 39 heavy (non-hydrogen) atoms. The summed E-state index contributed by atoms with van der Waals surface area (Å²) in [5.41, 5.74) is 3.67. The first kappa shape index (κ1) is 27.7. The van der Waals surface area contributed by atoms with Crippen molar-refractivity contribution >= 4 is 17.3 Å². The van der Waals surface area contributed by atoms with Crippen LogP contribution < -0.4 is 19.3 Å². The van der Waals surface area contributed by atoms with Gasteiger partial charge in [0.25, 0.3) is 5.91 Å². The third kappa shape index (κ3) is 5.74. The molecule has 1 amide bonds. The lowest BCUT2D eigenvalue weighted by Gasteiger charge is -2.32. The Bertz CT molecular complexity index is 1160. The Labute approximate surface area is 232 Å². The van der Waals surface area contributed by atoms with Crippen LogP contribution >= 0.6 is 0 Å². The average molecular weight is 538 g/mol. The maximum Gasteiger partial charge on any atom is 0.258 e. The second-order valence-electron chi connectivity index (χ2n) is 11.1. The maximum atomic E-state index is 13.5. The molecule has 3 aliphatic heterocycles. The molecule has 0 aliphatic carbocycles. The van der Waals surface area contributed by atoms with Gasteiger partial charge in [0.05, 0.1) is 25.0 Å². The highest BCUT2D eigenvalue weighted by molar-refractivity contribution is 6.08. The number of aliphatic hydroxyl groups is 1. The molecule has 8 nitrogen and oxygen atoms in total. The summed E-state index contributed by atoms with van der Waals surface area (Å²) < 4.78 is 17.3. The third-order valence-corrected chi connectivity index (χ3v) is 8.54. The van der Waals surface area contributed by atoms with Crippen molar-refractivity contribution in [2.24, 2.45) is 5.92 Å². The predicted octanol–water partition coefficient (Wildman–Crippen LogP) is 3.98. The highest BCUT2D eigenvalue weighted by atomic mass is 16.5. The van der Waals surface area contributed by atoms with E-state index in [1.807, 2.05) is 43.0 Å². The van der Waals surface area contributed by atoms with Gasteiger partial charge in [-0.15, -0.1) is 0 Å². The SMILES string of the molecule is CCOc1cc(N2CCc3cc(OC[C@@H](O)CC)ccc3C2=O)ccc1N1CCC2CN(C(C)COC)CC21. The lowest BCUT2D eigenvalue weighted by Crippen LogP contribution is -2.40. The fourth-order valence-corrected chi connectivity index (χ4v) is 6.29. The molecule has 0 radical (unpaired) electrons. The van der Waals surface area contributed by atoms with E-state index in [4.69, 9.17) is 14.2 Å². The van der Waals surface area contributed by atoms with E-state index in [0.29, 0.717) is 48.9 Å². The lowest BCUT2D eigenvalue weighted by molar-refractivity contribution is 0.0978. The monoisotopic (exact) mass is 537 g/mol. The smallest absolute Gasteiger partial charge is 0.258 e. The van der Waals surface area contributed by atoms with Crippen molar-refractivity contribution in [3.05, 3.63) is 47.5 Å². The van der Waals surface area contributed by atoms with E-state index < -0.39 is 6.10 Å². The van der Waals surface area contributed by atoms with Crippen LogP contribution in [0.4, 0.5) is 11.4 Å². The van der Waals surface area contributed by atoms with E-state index in [-0.39, 0.29) is 12.5 Å². The Hall–Kier alpha value is -2.81. The maximum absolute atomic E-state index is 13.5. The van der Waals surface area contributed by atoms with E-state index in [0.717, 1.165) is 55.3 Å². The molecule has 3 unspecified atom stereocenters. The molecule has 212 valence electrons. The van der Waals surface area contributed by atoms with Gasteiger partial charge in [0.15, 0.2) is 0 Å². The van der Waals surface area contributed by atoms with Crippen molar-refractivity contribution in [1.82, 2.24) is 4.90 Å². The molecular formula is C31H43N3O5. The average Bonchev–Trinajstić information content (AvgIpc) is 3.54. The standard InChI is InChI=1S/C31H43N3O5/c1-5-25(35)20-39-26-8-9-27-22(15-26)11-13-33(31(27)36)24-7-10-28(30(16-24)38-6-2)34-14-12-23-17-32(18-29(23)34)21(3)19-37-4/h7-10,15-16,21,23,25,29,35H,5-6,11-14,17-20H2,1-4H3/t21?,23?,25-,29?/m0/s1. The summed E-state index contributed by atoms with van der Waals surface area (Å²) in [5.74, 6) is 2.18. The molecule has 2 fully saturated rings. The van der Waals surface area contributed by atoms with E-state index in [2.05, 4.69) is 28.9 Å². The molecule has 2 saturated heterocycles. The number of anilines is 2. The number of likely N-dealkylation sites (tertiary alicyclic amines) is 1. The Balaban J connectivity index is 1.33. The molecule has 1 N–H and O–H groups in total. The topological polar surface area (TPSA) is 74.7 Å². The van der Waals surface area contributed by atoms with Crippen molar-refractivity contribution in [2.75, 3.05) is 62.9 Å². The Morgan fingerprint density at radius 1 is 1.05 bits per heavy atom. The van der Waals surface area contributed by atoms with Crippen LogP contribution in [0.5, 0.6) is 11.5 Å². The summed E-state index contributed by atoms with van der Waals surface area (Å²) in [6, 6.07) is 12.7. The van der Waals surface area contributed by atoms with E-state index >= 15 is 0 Å². The van der Waals surface area contributed by atoms with Crippen molar-refractivity contribution in [3.8, 4) is 11.5 Å². The molecule has 4 atom stereocenters. The summed E-state index contributed by atoms with van der Waals surface area (Å²) in [6.07, 6.45) is 2.08. The van der Waals surface area contributed by atoms with Crippen LogP contribution in [0.15, 0.2) is 36.4 Å². The molecule has 8 heteroatoms. The zero-order valence-electron chi connectivity index (χ0n) is 23.8. The van der Waals surface area contributed by atoms with Gasteiger partial charge in [-0.25, -0.2) is 0 Å². The van der Waals surface area contributed by atoms with Gasteiger partial charge < -0.3 is 29.1 Å². The number of benzene rings is 2. The minimum absolute atomic E-state index is 0.00797. The minimum atomic E-state index is -0.487. The van der Waals surface area contributed by atoms with Gasteiger partial charge in [0, 0.05) is 62.7 Å². The zero-order chi connectivity index (χ0) is 27.5. The van der Waals surface area contributed by atoms with Gasteiger partial charge in [-0.05, 0) is 74.9 Å². The number of hydrogen-bond donors (Lipinski definition) is 1. The molecule has 0 aromatic heterocycles. The van der Waals surface area contributed by atoms with E-state index in [9.17, 15) is 9.90 Å². The predicted molar refractivity (Wildman–Crippen MR) is 153 cm³/mol. The molecule has 2 aromatic rings. The van der Waals surface area contributed by atoms with Crippen LogP contribution in [0.3, 0.4) is 0 Å². The van der Waals surface area contributed by atoms with Crippen molar-refractivity contribution in [3.63, 3.8) is 0 Å². The number of carbonyl (C=O) groups excluding carboxylic acids is 1. The summed E-state index contributed by atoms with van der Waals surface area (Å²) in [4.78, 5) is 20.5. The van der Waals surface area contributed by atoms with E-state index in [1.54, 1.807) is 7.11 Å². The van der Waals surface area contributed by atoms with Crippen molar-refractivity contribution in [2.45, 2.75) is 58.2 Å². The fourth-order valence-electron chi connectivity index (χ4n) is 6.29. The van der Waals surface area contributed by atoms with Crippen molar-refractivity contribution < 1.29 is 24.1 Å². The van der Waals surface area contributed by atoms with Crippen LogP contribution in [0.2, 0.25) is 0 Å². The van der Waals surface area contributed by atoms with Crippen LogP contribution in [0, 0.1) is 5.92 Å². The first-order chi connectivity index (χ1) is 18.9. The quantitative estimate of drug-likeness (QED) is 0.465. The summed E-state index contributed by atoms with van der Waals surface area (Å²) in [7, 11) is 1.77. The molecule has 5 rings (SSSR count). The highest BCUT2D eigenvalue weighted by Gasteiger charge is 2.43. The first-order valence-electron chi connectivity index (χ1n) is 14.5. The van der Waals surface area contributed by atoms with E-state index in [1.165, 1.54) is 6.42 Å². The van der Waals surface area contributed by atoms with Gasteiger partial charge in [-0.3, -0.25) is 9.69 Å². The molecule has 2 aromatic carbocycles. The number of aliphatic hydroxyl groups excluding tert-OH is 1. The Morgan fingerprint density at radius 2 is 1.90 bits per heavy atom. The number of carbonyl (C=O) groups is 1. The molecule has 0 spiro atoms. The fraction of sp³-hybridized carbons (Fsp3) is 0.581. The summed E-state index contributed by atoms with van der Waals surface area (Å²) in [5, 5.41) is 9.80. The highest BCUT2D eigenvalue weighted by Crippen LogP contribution is 2.42. The van der Waals surface area contributed by atoms with Gasteiger partial charge >= 0.3 is 0 Å². The minimum Gasteiger partial charge on any atom is -0.492 e. The number of ether oxygens (including phenoxy) is 3. The second kappa shape index (κ2) is 12.1. The molecule has 3 heterocycles. The van der Waals surface area contributed by atoms with Crippen LogP contribution in [0.1, 0.15) is 49.5 Å². The number of rotatable bonds is 11. The Kier molecular flexibility index (Phi) is 8.64. The van der Waals surface area contributed by atoms with Gasteiger partial charge in [0.2, 0.25) is 0 Å². The third-order valence-electron chi connectivity index (χ3n) is 8.54. The molecule has 0 bridgehead atoms. The van der Waals surface area contributed by atoms with Crippen molar-refractivity contribution in [1.29, 1.82) is 0 Å². The number of fused-ring (bicyclic) bond motifs is 2. The van der Waals surface area contributed by atoms with Crippen LogP contribution in [-0.2, 0) is 11.2 Å². The van der Waals surface area contributed by atoms with Crippen LogP contribution in [-0.4, -0.2) is 87.2 Å². The lowest BCUT2D eigenvalue weighted by atomic mass is 9.98. The van der Waals surface area contributed by atoms with Gasteiger partial charge in [-0.1, -0.05) is 6.92 Å². The zero-order valence-corrected chi connectivity index (χ0v) is 23.8. The molecule has 0 saturated carbocycles. The first-order valence-corrected chi connectivity index (χ1v) is 14.5. The number of methoxy groups -OCH3 is 1. The Morgan fingerprint density at radius 3 is 2.67 bits per heavy atom.